The molecule has 3 aromatic rings. The number of alkyl halides is 6. The van der Waals surface area contributed by atoms with Crippen LogP contribution in [0.15, 0.2) is 55.1 Å². The molecule has 0 amide bonds. The van der Waals surface area contributed by atoms with Gasteiger partial charge in [0.2, 0.25) is 0 Å². The Kier molecular flexibility index (Phi) is 7.05. The maximum Gasteiger partial charge on any atom is 0.426 e. The number of aryl methyl sites for hydroxylation is 2. The molecule has 0 heterocycles. The van der Waals surface area contributed by atoms with Crippen molar-refractivity contribution < 1.29 is 44.3 Å². The quantitative estimate of drug-likeness (QED) is 0.203. The van der Waals surface area contributed by atoms with E-state index in [2.05, 4.69) is 11.3 Å². The number of benzene rings is 3. The Balaban J connectivity index is 1.80. The van der Waals surface area contributed by atoms with Gasteiger partial charge in [-0.2, -0.15) is 26.3 Å². The second-order valence-corrected chi connectivity index (χ2v) is 8.91. The van der Waals surface area contributed by atoms with Crippen LogP contribution in [-0.4, -0.2) is 0 Å². The number of hydrogen-bond acceptors (Lipinski definition) is 1. The molecular formula is C28H21F9O. The molecule has 0 radical (unpaired) electrons. The Hall–Kier alpha value is -3.43. The van der Waals surface area contributed by atoms with Crippen LogP contribution in [-0.2, 0) is 30.8 Å². The molecule has 0 aliphatic heterocycles. The van der Waals surface area contributed by atoms with Crippen molar-refractivity contribution in [1.29, 1.82) is 0 Å². The number of ether oxygens (including phenoxy) is 1. The lowest BCUT2D eigenvalue weighted by Crippen LogP contribution is -2.41. The minimum absolute atomic E-state index is 0.000324. The van der Waals surface area contributed by atoms with E-state index in [0.717, 1.165) is 24.3 Å². The average molecular weight is 544 g/mol. The smallest absolute Gasteiger partial charge is 0.426 e. The van der Waals surface area contributed by atoms with E-state index in [-0.39, 0.29) is 24.0 Å². The van der Waals surface area contributed by atoms with Crippen LogP contribution < -0.4 is 4.74 Å². The highest BCUT2D eigenvalue weighted by atomic mass is 19.3. The first-order valence-electron chi connectivity index (χ1n) is 11.6. The molecule has 0 saturated heterocycles. The highest BCUT2D eigenvalue weighted by Crippen LogP contribution is 2.60. The van der Waals surface area contributed by atoms with Gasteiger partial charge < -0.3 is 4.74 Å². The fourth-order valence-electron chi connectivity index (χ4n) is 4.48. The summed E-state index contributed by atoms with van der Waals surface area (Å²) in [4.78, 5) is 0. The van der Waals surface area contributed by atoms with E-state index in [1.54, 1.807) is 6.92 Å². The molecule has 4 rings (SSSR count). The van der Waals surface area contributed by atoms with Gasteiger partial charge in [-0.25, -0.2) is 13.2 Å². The van der Waals surface area contributed by atoms with Crippen LogP contribution in [0.3, 0.4) is 0 Å². The highest BCUT2D eigenvalue weighted by molar-refractivity contribution is 5.77. The van der Waals surface area contributed by atoms with Crippen molar-refractivity contribution in [2.75, 3.05) is 0 Å². The number of fused-ring (bicyclic) bond motifs is 3. The van der Waals surface area contributed by atoms with Gasteiger partial charge in [-0.1, -0.05) is 37.6 Å². The fourth-order valence-corrected chi connectivity index (χ4v) is 4.48. The van der Waals surface area contributed by atoms with Gasteiger partial charge in [0.25, 0.3) is 0 Å². The maximum atomic E-state index is 15.3. The van der Waals surface area contributed by atoms with Gasteiger partial charge in [0.15, 0.2) is 11.6 Å². The highest BCUT2D eigenvalue weighted by Gasteiger charge is 2.65. The third-order valence-corrected chi connectivity index (χ3v) is 6.41. The average Bonchev–Trinajstić information content (AvgIpc) is 2.84. The molecule has 1 aliphatic rings. The minimum atomic E-state index is -5.31. The molecule has 0 saturated carbocycles. The lowest BCUT2D eigenvalue weighted by atomic mass is 9.79. The van der Waals surface area contributed by atoms with E-state index in [0.29, 0.717) is 31.0 Å². The normalized spacial score (nSPS) is 15.5. The molecule has 1 aliphatic carbocycles. The molecule has 0 bridgehead atoms. The van der Waals surface area contributed by atoms with E-state index in [1.165, 1.54) is 6.08 Å². The van der Waals surface area contributed by atoms with Gasteiger partial charge in [-0.3, -0.25) is 0 Å². The molecule has 0 fully saturated rings. The van der Waals surface area contributed by atoms with E-state index < -0.39 is 69.0 Å². The standard InChI is InChI=1S/C28H21F9O/c1-3-5-7-15-8-10-17(14-20(15)29)28(36,37)38-21-13-12-19-18-11-9-16(6-4-2)24(30)22(18)26(32,33)27(34,35)23(19)25(21)31/h3,8-14H,1,4-7H2,2H3. The van der Waals surface area contributed by atoms with Gasteiger partial charge in [0, 0.05) is 0 Å². The molecule has 3 aromatic carbocycles. The third-order valence-electron chi connectivity index (χ3n) is 6.41. The molecular weight excluding hydrogens is 523 g/mol. The Labute approximate surface area is 212 Å². The maximum absolute atomic E-state index is 15.3. The van der Waals surface area contributed by atoms with Gasteiger partial charge in [0.05, 0.1) is 16.7 Å². The van der Waals surface area contributed by atoms with Crippen LogP contribution in [0.25, 0.3) is 11.1 Å². The fraction of sp³-hybridized carbons (Fsp3) is 0.286. The molecule has 38 heavy (non-hydrogen) atoms. The van der Waals surface area contributed by atoms with E-state index >= 15 is 22.0 Å². The second kappa shape index (κ2) is 9.71. The van der Waals surface area contributed by atoms with Crippen LogP contribution in [0.2, 0.25) is 0 Å². The molecule has 0 unspecified atom stereocenters. The largest absolute Gasteiger partial charge is 0.426 e. The summed E-state index contributed by atoms with van der Waals surface area (Å²) < 4.78 is 139. The first-order valence-corrected chi connectivity index (χ1v) is 11.6. The zero-order valence-corrected chi connectivity index (χ0v) is 20.0. The van der Waals surface area contributed by atoms with Gasteiger partial charge in [-0.05, 0) is 65.8 Å². The zero-order chi connectivity index (χ0) is 28.0. The van der Waals surface area contributed by atoms with Crippen molar-refractivity contribution in [3.8, 4) is 16.9 Å². The van der Waals surface area contributed by atoms with Crippen molar-refractivity contribution in [2.24, 2.45) is 0 Å². The van der Waals surface area contributed by atoms with Gasteiger partial charge >= 0.3 is 18.0 Å². The summed E-state index contributed by atoms with van der Waals surface area (Å²) >= 11 is 0. The number of halogens is 9. The number of rotatable bonds is 8. The summed E-state index contributed by atoms with van der Waals surface area (Å²) in [6.07, 6.45) is -2.03. The number of allylic oxidation sites excluding steroid dienone is 1. The summed E-state index contributed by atoms with van der Waals surface area (Å²) in [7, 11) is 0. The minimum Gasteiger partial charge on any atom is -0.426 e. The molecule has 0 atom stereocenters. The SMILES string of the molecule is C=CCCc1ccc(C(F)(F)Oc2ccc3c(c2F)C(F)(F)C(F)(F)c2c-3ccc(CCC)c2F)cc1F. The van der Waals surface area contributed by atoms with Crippen LogP contribution in [0, 0.1) is 17.5 Å². The second-order valence-electron chi connectivity index (χ2n) is 8.91. The first kappa shape index (κ1) is 27.6. The molecule has 0 N–H and O–H groups in total. The van der Waals surface area contributed by atoms with E-state index in [1.807, 2.05) is 0 Å². The molecule has 1 nitrogen and oxygen atoms in total. The summed E-state index contributed by atoms with van der Waals surface area (Å²) in [5, 5.41) is 0. The van der Waals surface area contributed by atoms with Gasteiger partial charge in [-0.15, -0.1) is 6.58 Å². The Bertz CT molecular complexity index is 1400. The summed E-state index contributed by atoms with van der Waals surface area (Å²) in [6, 6.07) is 5.66. The Morgan fingerprint density at radius 1 is 0.816 bits per heavy atom. The predicted molar refractivity (Wildman–Crippen MR) is 123 cm³/mol. The topological polar surface area (TPSA) is 9.23 Å². The first-order chi connectivity index (χ1) is 17.8. The van der Waals surface area contributed by atoms with Crippen molar-refractivity contribution in [2.45, 2.75) is 50.6 Å². The van der Waals surface area contributed by atoms with E-state index in [9.17, 15) is 17.6 Å². The Morgan fingerprint density at radius 3 is 1.97 bits per heavy atom. The van der Waals surface area contributed by atoms with Crippen LogP contribution in [0.5, 0.6) is 5.75 Å². The monoisotopic (exact) mass is 544 g/mol. The summed E-state index contributed by atoms with van der Waals surface area (Å²) in [5.74, 6) is -16.7. The van der Waals surface area contributed by atoms with Crippen LogP contribution in [0.4, 0.5) is 39.5 Å². The lowest BCUT2D eigenvalue weighted by Gasteiger charge is -2.36. The number of hydrogen-bond donors (Lipinski definition) is 0. The zero-order valence-electron chi connectivity index (χ0n) is 20.0. The Morgan fingerprint density at radius 2 is 1.39 bits per heavy atom. The summed E-state index contributed by atoms with van der Waals surface area (Å²) in [5.41, 5.74) is -6.15. The third kappa shape index (κ3) is 4.33. The van der Waals surface area contributed by atoms with E-state index in [4.69, 9.17) is 0 Å². The van der Waals surface area contributed by atoms with Crippen molar-refractivity contribution in [3.05, 3.63) is 100 Å². The molecule has 0 spiro atoms. The van der Waals surface area contributed by atoms with Crippen LogP contribution >= 0.6 is 0 Å². The van der Waals surface area contributed by atoms with Gasteiger partial charge in [0.1, 0.15) is 11.6 Å². The van der Waals surface area contributed by atoms with Crippen molar-refractivity contribution in [1.82, 2.24) is 0 Å². The van der Waals surface area contributed by atoms with Crippen molar-refractivity contribution >= 4 is 0 Å². The predicted octanol–water partition coefficient (Wildman–Crippen LogP) is 9.17. The van der Waals surface area contributed by atoms with Crippen LogP contribution in [0.1, 0.15) is 47.6 Å². The lowest BCUT2D eigenvalue weighted by molar-refractivity contribution is -0.228. The van der Waals surface area contributed by atoms with Crippen molar-refractivity contribution in [3.63, 3.8) is 0 Å². The molecule has 10 heteroatoms. The summed E-state index contributed by atoms with van der Waals surface area (Å²) in [6.45, 7) is 5.12. The molecule has 202 valence electrons. The molecule has 0 aromatic heterocycles.